The maximum atomic E-state index is 11.3. The quantitative estimate of drug-likeness (QED) is 0.655. The molecule has 0 aromatic carbocycles. The number of nitrogens with zero attached hydrogens (tertiary/aromatic N) is 3. The van der Waals surface area contributed by atoms with Crippen molar-refractivity contribution >= 4 is 17.5 Å². The summed E-state index contributed by atoms with van der Waals surface area (Å²) in [4.78, 5) is 19.2. The van der Waals surface area contributed by atoms with Crippen molar-refractivity contribution in [3.8, 4) is 0 Å². The van der Waals surface area contributed by atoms with Crippen molar-refractivity contribution in [2.24, 2.45) is 11.8 Å². The SMILES string of the molecule is CNc1nc(C)c([N+](=O)[O-])c(NC2CC(C)CC(C)C2)n1. The highest BCUT2D eigenvalue weighted by Crippen LogP contribution is 2.33. The number of hydrogen-bond donors (Lipinski definition) is 2. The molecule has 2 rings (SSSR count). The molecule has 0 amide bonds. The number of hydrogen-bond acceptors (Lipinski definition) is 6. The van der Waals surface area contributed by atoms with E-state index in [0.29, 0.717) is 29.3 Å². The molecule has 0 aliphatic heterocycles. The van der Waals surface area contributed by atoms with E-state index in [1.807, 2.05) is 0 Å². The summed E-state index contributed by atoms with van der Waals surface area (Å²) in [6.45, 7) is 6.09. The van der Waals surface area contributed by atoms with E-state index in [1.54, 1.807) is 14.0 Å². The lowest BCUT2D eigenvalue weighted by Gasteiger charge is -2.32. The Morgan fingerprint density at radius 2 is 1.81 bits per heavy atom. The van der Waals surface area contributed by atoms with Crippen LogP contribution in [0.3, 0.4) is 0 Å². The minimum absolute atomic E-state index is 0.0279. The predicted octanol–water partition coefficient (Wildman–Crippen LogP) is 2.97. The van der Waals surface area contributed by atoms with E-state index in [9.17, 15) is 10.1 Å². The second-order valence-corrected chi connectivity index (χ2v) is 6.10. The summed E-state index contributed by atoms with van der Waals surface area (Å²) in [6.07, 6.45) is 3.24. The van der Waals surface area contributed by atoms with Crippen LogP contribution in [0.5, 0.6) is 0 Å². The van der Waals surface area contributed by atoms with Crippen LogP contribution in [0.15, 0.2) is 0 Å². The predicted molar refractivity (Wildman–Crippen MR) is 82.6 cm³/mol. The molecule has 0 spiro atoms. The fourth-order valence-electron chi connectivity index (χ4n) is 3.26. The van der Waals surface area contributed by atoms with Gasteiger partial charge < -0.3 is 10.6 Å². The number of rotatable bonds is 4. The van der Waals surface area contributed by atoms with Crippen LogP contribution >= 0.6 is 0 Å². The highest BCUT2D eigenvalue weighted by atomic mass is 16.6. The molecule has 1 fully saturated rings. The first kappa shape index (κ1) is 15.5. The Kier molecular flexibility index (Phi) is 4.59. The van der Waals surface area contributed by atoms with Gasteiger partial charge in [0.05, 0.1) is 4.92 Å². The van der Waals surface area contributed by atoms with Crippen LogP contribution in [-0.2, 0) is 0 Å². The van der Waals surface area contributed by atoms with Crippen molar-refractivity contribution < 1.29 is 4.92 Å². The largest absolute Gasteiger partial charge is 0.361 e. The van der Waals surface area contributed by atoms with Gasteiger partial charge in [0.15, 0.2) is 0 Å². The molecule has 2 unspecified atom stereocenters. The molecule has 1 saturated carbocycles. The first-order chi connectivity index (χ1) is 9.90. The van der Waals surface area contributed by atoms with E-state index in [0.717, 1.165) is 12.8 Å². The Balaban J connectivity index is 2.29. The Morgan fingerprint density at radius 1 is 1.19 bits per heavy atom. The van der Waals surface area contributed by atoms with E-state index in [-0.39, 0.29) is 11.7 Å². The Labute approximate surface area is 124 Å². The van der Waals surface area contributed by atoms with E-state index in [2.05, 4.69) is 34.4 Å². The Hall–Kier alpha value is -1.92. The molecule has 21 heavy (non-hydrogen) atoms. The van der Waals surface area contributed by atoms with Gasteiger partial charge in [0.2, 0.25) is 11.8 Å². The summed E-state index contributed by atoms with van der Waals surface area (Å²) in [7, 11) is 1.70. The lowest BCUT2D eigenvalue weighted by Crippen LogP contribution is -2.31. The molecule has 2 atom stereocenters. The number of anilines is 2. The third-order valence-corrected chi connectivity index (χ3v) is 3.98. The third kappa shape index (κ3) is 3.59. The molecule has 1 aliphatic carbocycles. The highest BCUT2D eigenvalue weighted by molar-refractivity contribution is 5.61. The molecule has 0 bridgehead atoms. The lowest BCUT2D eigenvalue weighted by molar-refractivity contribution is -0.385. The summed E-state index contributed by atoms with van der Waals surface area (Å²) in [5, 5.41) is 17.4. The number of nitrogens with one attached hydrogen (secondary N) is 2. The van der Waals surface area contributed by atoms with Crippen molar-refractivity contribution in [3.63, 3.8) is 0 Å². The van der Waals surface area contributed by atoms with Gasteiger partial charge in [-0.2, -0.15) is 4.98 Å². The van der Waals surface area contributed by atoms with Crippen LogP contribution < -0.4 is 10.6 Å². The maximum Gasteiger partial charge on any atom is 0.332 e. The highest BCUT2D eigenvalue weighted by Gasteiger charge is 2.28. The van der Waals surface area contributed by atoms with Crippen LogP contribution in [0.2, 0.25) is 0 Å². The van der Waals surface area contributed by atoms with E-state index in [4.69, 9.17) is 0 Å². The summed E-state index contributed by atoms with van der Waals surface area (Å²) >= 11 is 0. The van der Waals surface area contributed by atoms with Gasteiger partial charge in [-0.15, -0.1) is 0 Å². The number of aromatic nitrogens is 2. The van der Waals surface area contributed by atoms with Crippen LogP contribution in [0.1, 0.15) is 38.8 Å². The zero-order chi connectivity index (χ0) is 15.6. The summed E-state index contributed by atoms with van der Waals surface area (Å²) in [6, 6.07) is 0.224. The summed E-state index contributed by atoms with van der Waals surface area (Å²) < 4.78 is 0. The molecule has 1 aromatic rings. The third-order valence-electron chi connectivity index (χ3n) is 3.98. The van der Waals surface area contributed by atoms with Crippen LogP contribution in [0.25, 0.3) is 0 Å². The average Bonchev–Trinajstić information content (AvgIpc) is 2.36. The second-order valence-electron chi connectivity index (χ2n) is 6.10. The minimum atomic E-state index is -0.410. The minimum Gasteiger partial charge on any atom is -0.361 e. The number of aryl methyl sites for hydroxylation is 1. The van der Waals surface area contributed by atoms with Crippen LogP contribution in [0, 0.1) is 28.9 Å². The molecular formula is C14H23N5O2. The average molecular weight is 293 g/mol. The van der Waals surface area contributed by atoms with E-state index in [1.165, 1.54) is 6.42 Å². The molecule has 116 valence electrons. The van der Waals surface area contributed by atoms with Gasteiger partial charge in [0.1, 0.15) is 5.69 Å². The van der Waals surface area contributed by atoms with E-state index >= 15 is 0 Å². The maximum absolute atomic E-state index is 11.3. The van der Waals surface area contributed by atoms with E-state index < -0.39 is 4.92 Å². The van der Waals surface area contributed by atoms with Gasteiger partial charge in [-0.05, 0) is 38.0 Å². The van der Waals surface area contributed by atoms with Gasteiger partial charge >= 0.3 is 5.69 Å². The molecule has 7 heteroatoms. The molecule has 1 heterocycles. The van der Waals surface area contributed by atoms with Gasteiger partial charge in [-0.3, -0.25) is 10.1 Å². The monoisotopic (exact) mass is 293 g/mol. The molecule has 1 aliphatic rings. The van der Waals surface area contributed by atoms with Crippen molar-refractivity contribution in [2.45, 2.75) is 46.1 Å². The Bertz CT molecular complexity index is 524. The van der Waals surface area contributed by atoms with Crippen LogP contribution in [-0.4, -0.2) is 28.0 Å². The molecule has 1 aromatic heterocycles. The first-order valence-electron chi connectivity index (χ1n) is 7.38. The van der Waals surface area contributed by atoms with Crippen molar-refractivity contribution in [2.75, 3.05) is 17.7 Å². The smallest absolute Gasteiger partial charge is 0.332 e. The van der Waals surface area contributed by atoms with Gasteiger partial charge in [-0.1, -0.05) is 13.8 Å². The normalized spacial score (nSPS) is 25.4. The first-order valence-corrected chi connectivity index (χ1v) is 7.38. The lowest BCUT2D eigenvalue weighted by atomic mass is 9.80. The summed E-state index contributed by atoms with van der Waals surface area (Å²) in [5.74, 6) is 1.97. The molecule has 7 nitrogen and oxygen atoms in total. The molecule has 0 saturated heterocycles. The Morgan fingerprint density at radius 3 is 2.33 bits per heavy atom. The van der Waals surface area contributed by atoms with Crippen molar-refractivity contribution in [1.29, 1.82) is 0 Å². The molecule has 0 radical (unpaired) electrons. The number of nitro groups is 1. The topological polar surface area (TPSA) is 93.0 Å². The zero-order valence-electron chi connectivity index (χ0n) is 13.0. The van der Waals surface area contributed by atoms with Crippen molar-refractivity contribution in [3.05, 3.63) is 15.8 Å². The fourth-order valence-corrected chi connectivity index (χ4v) is 3.26. The fraction of sp³-hybridized carbons (Fsp3) is 0.714. The summed E-state index contributed by atoms with van der Waals surface area (Å²) in [5.41, 5.74) is 0.346. The zero-order valence-corrected chi connectivity index (χ0v) is 13.0. The van der Waals surface area contributed by atoms with Gasteiger partial charge in [0, 0.05) is 13.1 Å². The second kappa shape index (κ2) is 6.24. The molecule has 2 N–H and O–H groups in total. The molecular weight excluding hydrogens is 270 g/mol. The standard InChI is InChI=1S/C14H23N5O2/c1-8-5-9(2)7-11(6-8)17-13-12(19(20)21)10(3)16-14(15-4)18-13/h8-9,11H,5-7H2,1-4H3,(H2,15,16,17,18). The van der Waals surface area contributed by atoms with Gasteiger partial charge in [-0.25, -0.2) is 4.98 Å². The van der Waals surface area contributed by atoms with Crippen molar-refractivity contribution in [1.82, 2.24) is 9.97 Å². The van der Waals surface area contributed by atoms with Gasteiger partial charge in [0.25, 0.3) is 0 Å². The van der Waals surface area contributed by atoms with Crippen LogP contribution in [0.4, 0.5) is 17.5 Å².